The minimum absolute atomic E-state index is 0.107. The highest BCUT2D eigenvalue weighted by Gasteiger charge is 2.18. The summed E-state index contributed by atoms with van der Waals surface area (Å²) in [5, 5.41) is 3.03. The quantitative estimate of drug-likeness (QED) is 0.789. The summed E-state index contributed by atoms with van der Waals surface area (Å²) in [6.07, 6.45) is 1.57. The van der Waals surface area contributed by atoms with Gasteiger partial charge in [0.25, 0.3) is 0 Å². The predicted molar refractivity (Wildman–Crippen MR) is 53.2 cm³/mol. The second-order valence-corrected chi connectivity index (χ2v) is 3.45. The Kier molecular flexibility index (Phi) is 2.68. The molecule has 1 aliphatic rings. The number of ether oxygens (including phenoxy) is 1. The maximum atomic E-state index is 13.5. The maximum absolute atomic E-state index is 13.5. The van der Waals surface area contributed by atoms with Gasteiger partial charge in [-0.05, 0) is 37.7 Å². The molecule has 0 amide bonds. The Morgan fingerprint density at radius 1 is 1.50 bits per heavy atom. The van der Waals surface area contributed by atoms with Gasteiger partial charge in [0, 0.05) is 12.0 Å². The lowest BCUT2D eigenvalue weighted by Gasteiger charge is -2.07. The first kappa shape index (κ1) is 9.46. The van der Waals surface area contributed by atoms with Crippen LogP contribution < -0.4 is 10.1 Å². The molecule has 1 aromatic carbocycles. The van der Waals surface area contributed by atoms with Crippen LogP contribution in [0, 0.1) is 5.82 Å². The minimum Gasteiger partial charge on any atom is -0.493 e. The van der Waals surface area contributed by atoms with Crippen molar-refractivity contribution in [2.45, 2.75) is 12.8 Å². The molecule has 0 aliphatic carbocycles. The highest BCUT2D eigenvalue weighted by atomic mass is 19.1. The van der Waals surface area contributed by atoms with Gasteiger partial charge in [-0.1, -0.05) is 0 Å². The number of rotatable bonds is 3. The Labute approximate surface area is 83.1 Å². The van der Waals surface area contributed by atoms with Gasteiger partial charge in [-0.2, -0.15) is 0 Å². The van der Waals surface area contributed by atoms with Gasteiger partial charge in [0.15, 0.2) is 0 Å². The molecular formula is C11H14FNO. The van der Waals surface area contributed by atoms with E-state index in [-0.39, 0.29) is 5.82 Å². The van der Waals surface area contributed by atoms with Gasteiger partial charge in [0.2, 0.25) is 0 Å². The molecular weight excluding hydrogens is 181 g/mol. The summed E-state index contributed by atoms with van der Waals surface area (Å²) >= 11 is 0. The van der Waals surface area contributed by atoms with Gasteiger partial charge < -0.3 is 10.1 Å². The zero-order chi connectivity index (χ0) is 9.97. The molecule has 1 aromatic rings. The first-order chi connectivity index (χ1) is 6.83. The van der Waals surface area contributed by atoms with E-state index in [2.05, 4.69) is 5.32 Å². The predicted octanol–water partition coefficient (Wildman–Crippen LogP) is 1.52. The van der Waals surface area contributed by atoms with Gasteiger partial charge in [0.05, 0.1) is 6.61 Å². The number of benzene rings is 1. The van der Waals surface area contributed by atoms with E-state index in [1.54, 1.807) is 6.07 Å². The monoisotopic (exact) mass is 195 g/mol. The molecule has 2 rings (SSSR count). The van der Waals surface area contributed by atoms with Crippen LogP contribution in [0.3, 0.4) is 0 Å². The van der Waals surface area contributed by atoms with Crippen LogP contribution in [0.15, 0.2) is 12.1 Å². The standard InChI is InChI=1S/C11H14FNO/c1-13-6-4-8-9-5-7-14-11(9)3-2-10(8)12/h2-3,13H,4-7H2,1H3. The van der Waals surface area contributed by atoms with Gasteiger partial charge >= 0.3 is 0 Å². The second kappa shape index (κ2) is 3.96. The molecule has 0 unspecified atom stereocenters. The minimum atomic E-state index is -0.107. The molecule has 0 saturated carbocycles. The topological polar surface area (TPSA) is 21.3 Å². The van der Waals surface area contributed by atoms with Crippen molar-refractivity contribution in [3.63, 3.8) is 0 Å². The highest BCUT2D eigenvalue weighted by molar-refractivity contribution is 5.43. The normalized spacial score (nSPS) is 13.9. The number of nitrogens with one attached hydrogen (secondary N) is 1. The van der Waals surface area contributed by atoms with Crippen LogP contribution in [-0.2, 0) is 12.8 Å². The Morgan fingerprint density at radius 2 is 2.36 bits per heavy atom. The summed E-state index contributed by atoms with van der Waals surface area (Å²) in [5.74, 6) is 0.752. The fourth-order valence-corrected chi connectivity index (χ4v) is 1.84. The number of hydrogen-bond acceptors (Lipinski definition) is 2. The van der Waals surface area contributed by atoms with E-state index in [0.717, 1.165) is 36.3 Å². The number of fused-ring (bicyclic) bond motifs is 1. The van der Waals surface area contributed by atoms with Crippen LogP contribution in [0.5, 0.6) is 5.75 Å². The van der Waals surface area contributed by atoms with E-state index in [0.29, 0.717) is 6.61 Å². The Hall–Kier alpha value is -1.09. The van der Waals surface area contributed by atoms with Crippen molar-refractivity contribution in [2.24, 2.45) is 0 Å². The summed E-state index contributed by atoms with van der Waals surface area (Å²) < 4.78 is 18.9. The van der Waals surface area contributed by atoms with Gasteiger partial charge in [-0.25, -0.2) is 4.39 Å². The third kappa shape index (κ3) is 1.60. The van der Waals surface area contributed by atoms with E-state index < -0.39 is 0 Å². The fourth-order valence-electron chi connectivity index (χ4n) is 1.84. The largest absolute Gasteiger partial charge is 0.493 e. The van der Waals surface area contributed by atoms with Crippen molar-refractivity contribution in [1.82, 2.24) is 5.32 Å². The van der Waals surface area contributed by atoms with E-state index in [1.807, 2.05) is 7.05 Å². The number of hydrogen-bond donors (Lipinski definition) is 1. The van der Waals surface area contributed by atoms with Crippen molar-refractivity contribution in [2.75, 3.05) is 20.2 Å². The van der Waals surface area contributed by atoms with Gasteiger partial charge in [-0.3, -0.25) is 0 Å². The fraction of sp³-hybridized carbons (Fsp3) is 0.455. The van der Waals surface area contributed by atoms with Gasteiger partial charge in [0.1, 0.15) is 11.6 Å². The summed E-state index contributed by atoms with van der Waals surface area (Å²) in [7, 11) is 1.87. The Bertz CT molecular complexity index is 338. The van der Waals surface area contributed by atoms with Crippen molar-refractivity contribution in [3.8, 4) is 5.75 Å². The second-order valence-electron chi connectivity index (χ2n) is 3.45. The Balaban J connectivity index is 2.31. The molecule has 3 heteroatoms. The summed E-state index contributed by atoms with van der Waals surface area (Å²) in [5.41, 5.74) is 1.87. The van der Waals surface area contributed by atoms with Crippen molar-refractivity contribution in [3.05, 3.63) is 29.1 Å². The molecule has 76 valence electrons. The Morgan fingerprint density at radius 3 is 3.14 bits per heavy atom. The molecule has 0 aromatic heterocycles. The molecule has 0 atom stereocenters. The zero-order valence-corrected chi connectivity index (χ0v) is 8.27. The molecule has 0 bridgehead atoms. The third-order valence-corrected chi connectivity index (χ3v) is 2.57. The average molecular weight is 195 g/mol. The van der Waals surface area contributed by atoms with E-state index >= 15 is 0 Å². The van der Waals surface area contributed by atoms with Crippen LogP contribution in [0.4, 0.5) is 4.39 Å². The first-order valence-corrected chi connectivity index (χ1v) is 4.90. The third-order valence-electron chi connectivity index (χ3n) is 2.57. The average Bonchev–Trinajstić information content (AvgIpc) is 2.64. The van der Waals surface area contributed by atoms with Crippen LogP contribution in [-0.4, -0.2) is 20.2 Å². The van der Waals surface area contributed by atoms with Crippen molar-refractivity contribution in [1.29, 1.82) is 0 Å². The smallest absolute Gasteiger partial charge is 0.126 e. The van der Waals surface area contributed by atoms with E-state index in [9.17, 15) is 4.39 Å². The lowest BCUT2D eigenvalue weighted by atomic mass is 10.0. The van der Waals surface area contributed by atoms with Gasteiger partial charge in [-0.15, -0.1) is 0 Å². The van der Waals surface area contributed by atoms with Crippen molar-refractivity contribution < 1.29 is 9.13 Å². The van der Waals surface area contributed by atoms with Crippen molar-refractivity contribution >= 4 is 0 Å². The van der Waals surface area contributed by atoms with Crippen LogP contribution in [0.2, 0.25) is 0 Å². The molecule has 0 spiro atoms. The molecule has 0 fully saturated rings. The number of likely N-dealkylation sites (N-methyl/N-ethyl adjacent to an activating group) is 1. The van der Waals surface area contributed by atoms with Crippen LogP contribution >= 0.6 is 0 Å². The molecule has 0 radical (unpaired) electrons. The molecule has 1 N–H and O–H groups in total. The molecule has 1 aliphatic heterocycles. The summed E-state index contributed by atoms with van der Waals surface area (Å²) in [6.45, 7) is 1.48. The molecule has 14 heavy (non-hydrogen) atoms. The SMILES string of the molecule is CNCCc1c(F)ccc2c1CCO2. The summed E-state index contributed by atoms with van der Waals surface area (Å²) in [6, 6.07) is 3.22. The zero-order valence-electron chi connectivity index (χ0n) is 8.27. The number of halogens is 1. The maximum Gasteiger partial charge on any atom is 0.126 e. The first-order valence-electron chi connectivity index (χ1n) is 4.90. The van der Waals surface area contributed by atoms with E-state index in [1.165, 1.54) is 6.07 Å². The lowest BCUT2D eigenvalue weighted by molar-refractivity contribution is 0.356. The molecule has 2 nitrogen and oxygen atoms in total. The lowest BCUT2D eigenvalue weighted by Crippen LogP contribution is -2.12. The summed E-state index contributed by atoms with van der Waals surface area (Å²) in [4.78, 5) is 0. The highest BCUT2D eigenvalue weighted by Crippen LogP contribution is 2.30. The van der Waals surface area contributed by atoms with Crippen LogP contribution in [0.1, 0.15) is 11.1 Å². The molecule has 0 saturated heterocycles. The van der Waals surface area contributed by atoms with Crippen LogP contribution in [0.25, 0.3) is 0 Å². The molecule has 1 heterocycles. The van der Waals surface area contributed by atoms with E-state index in [4.69, 9.17) is 4.74 Å².